The zero-order chi connectivity index (χ0) is 9.19. The average Bonchev–Trinajstić information content (AvgIpc) is 2.79. The molecular weight excluding hydrogens is 152 g/mol. The van der Waals surface area contributed by atoms with Gasteiger partial charge in [0, 0.05) is 13.6 Å². The first-order chi connectivity index (χ1) is 5.57. The molecule has 0 bridgehead atoms. The molecule has 1 saturated carbocycles. The van der Waals surface area contributed by atoms with Crippen LogP contribution in [0.25, 0.3) is 0 Å². The number of carbonyl (C=O) groups excluding carboxylic acids is 1. The summed E-state index contributed by atoms with van der Waals surface area (Å²) in [5, 5.41) is 5.84. The third kappa shape index (κ3) is 2.48. The van der Waals surface area contributed by atoms with Crippen molar-refractivity contribution in [1.82, 2.24) is 10.6 Å². The number of rotatable bonds is 4. The van der Waals surface area contributed by atoms with E-state index in [0.29, 0.717) is 5.41 Å². The summed E-state index contributed by atoms with van der Waals surface area (Å²) in [5.74, 6) is 0.0688. The Labute approximate surface area is 73.9 Å². The van der Waals surface area contributed by atoms with Crippen molar-refractivity contribution in [3.8, 4) is 0 Å². The van der Waals surface area contributed by atoms with Crippen LogP contribution in [0.1, 0.15) is 26.7 Å². The molecule has 0 saturated heterocycles. The van der Waals surface area contributed by atoms with E-state index in [1.807, 2.05) is 6.92 Å². The largest absolute Gasteiger partial charge is 0.358 e. The summed E-state index contributed by atoms with van der Waals surface area (Å²) in [6, 6.07) is -0.0626. The maximum atomic E-state index is 11.1. The molecule has 0 aromatic carbocycles. The van der Waals surface area contributed by atoms with Gasteiger partial charge in [-0.3, -0.25) is 4.79 Å². The van der Waals surface area contributed by atoms with E-state index in [1.165, 1.54) is 12.8 Å². The molecule has 1 atom stereocenters. The van der Waals surface area contributed by atoms with Gasteiger partial charge in [-0.15, -0.1) is 0 Å². The first-order valence-corrected chi connectivity index (χ1v) is 4.52. The Morgan fingerprint density at radius 2 is 2.17 bits per heavy atom. The van der Waals surface area contributed by atoms with E-state index in [-0.39, 0.29) is 11.9 Å². The van der Waals surface area contributed by atoms with Crippen molar-refractivity contribution in [2.45, 2.75) is 32.7 Å². The van der Waals surface area contributed by atoms with Gasteiger partial charge >= 0.3 is 0 Å². The molecule has 1 aliphatic rings. The zero-order valence-corrected chi connectivity index (χ0v) is 8.11. The second kappa shape index (κ2) is 3.44. The lowest BCUT2D eigenvalue weighted by molar-refractivity contribution is -0.122. The van der Waals surface area contributed by atoms with E-state index in [2.05, 4.69) is 17.6 Å². The van der Waals surface area contributed by atoms with Crippen LogP contribution in [-0.2, 0) is 4.79 Å². The summed E-state index contributed by atoms with van der Waals surface area (Å²) >= 11 is 0. The molecule has 0 aromatic rings. The maximum absolute atomic E-state index is 11.1. The number of hydrogen-bond donors (Lipinski definition) is 2. The molecule has 0 heterocycles. The molecule has 1 amide bonds. The van der Waals surface area contributed by atoms with Gasteiger partial charge in [0.2, 0.25) is 5.91 Å². The Morgan fingerprint density at radius 3 is 2.58 bits per heavy atom. The Morgan fingerprint density at radius 1 is 1.58 bits per heavy atom. The highest BCUT2D eigenvalue weighted by molar-refractivity contribution is 5.80. The lowest BCUT2D eigenvalue weighted by Crippen LogP contribution is -2.42. The van der Waals surface area contributed by atoms with Gasteiger partial charge in [-0.2, -0.15) is 0 Å². The number of likely N-dealkylation sites (N-methyl/N-ethyl adjacent to an activating group) is 1. The predicted octanol–water partition coefficient (Wildman–Crippen LogP) is 0.511. The highest BCUT2D eigenvalue weighted by Gasteiger charge is 2.37. The maximum Gasteiger partial charge on any atom is 0.236 e. The average molecular weight is 170 g/mol. The fourth-order valence-corrected chi connectivity index (χ4v) is 1.10. The van der Waals surface area contributed by atoms with E-state index in [0.717, 1.165) is 6.54 Å². The van der Waals surface area contributed by atoms with E-state index in [1.54, 1.807) is 7.05 Å². The molecule has 1 aliphatic carbocycles. The van der Waals surface area contributed by atoms with Gasteiger partial charge < -0.3 is 10.6 Å². The highest BCUT2D eigenvalue weighted by Crippen LogP contribution is 2.44. The van der Waals surface area contributed by atoms with Crippen LogP contribution in [0.5, 0.6) is 0 Å². The summed E-state index contributed by atoms with van der Waals surface area (Å²) in [6.07, 6.45) is 2.58. The van der Waals surface area contributed by atoms with Crippen LogP contribution in [-0.4, -0.2) is 25.5 Å². The smallest absolute Gasteiger partial charge is 0.236 e. The van der Waals surface area contributed by atoms with Crippen molar-refractivity contribution < 1.29 is 4.79 Å². The second-order valence-corrected chi connectivity index (χ2v) is 4.03. The van der Waals surface area contributed by atoms with Crippen molar-refractivity contribution in [3.05, 3.63) is 0 Å². The monoisotopic (exact) mass is 170 g/mol. The molecule has 0 radical (unpaired) electrons. The Kier molecular flexibility index (Phi) is 2.73. The van der Waals surface area contributed by atoms with Crippen LogP contribution in [0.2, 0.25) is 0 Å². The quantitative estimate of drug-likeness (QED) is 0.645. The third-order valence-electron chi connectivity index (χ3n) is 2.58. The minimum absolute atomic E-state index is 0.0626. The van der Waals surface area contributed by atoms with E-state index in [4.69, 9.17) is 0 Å². The molecule has 1 rings (SSSR count). The third-order valence-corrected chi connectivity index (χ3v) is 2.58. The lowest BCUT2D eigenvalue weighted by Gasteiger charge is -2.15. The fourth-order valence-electron chi connectivity index (χ4n) is 1.10. The lowest BCUT2D eigenvalue weighted by atomic mass is 10.1. The molecule has 0 aromatic heterocycles. The first-order valence-electron chi connectivity index (χ1n) is 4.52. The number of amides is 1. The van der Waals surface area contributed by atoms with E-state index >= 15 is 0 Å². The summed E-state index contributed by atoms with van der Waals surface area (Å²) in [7, 11) is 1.67. The number of carbonyl (C=O) groups is 1. The van der Waals surface area contributed by atoms with Crippen LogP contribution in [0.4, 0.5) is 0 Å². The summed E-state index contributed by atoms with van der Waals surface area (Å²) in [4.78, 5) is 11.1. The minimum atomic E-state index is -0.0626. The van der Waals surface area contributed by atoms with Gasteiger partial charge in [-0.25, -0.2) is 0 Å². The topological polar surface area (TPSA) is 41.1 Å². The Hall–Kier alpha value is -0.570. The van der Waals surface area contributed by atoms with Gasteiger partial charge in [-0.1, -0.05) is 6.92 Å². The normalized spacial score (nSPS) is 21.6. The standard InChI is InChI=1S/C9H18N2O/c1-7(8(12)10-3)11-6-9(2)4-5-9/h7,11H,4-6H2,1-3H3,(H,10,12). The summed E-state index contributed by atoms with van der Waals surface area (Å²) in [6.45, 7) is 5.10. The highest BCUT2D eigenvalue weighted by atomic mass is 16.2. The van der Waals surface area contributed by atoms with Crippen molar-refractivity contribution in [2.75, 3.05) is 13.6 Å². The van der Waals surface area contributed by atoms with Crippen molar-refractivity contribution in [2.24, 2.45) is 5.41 Å². The molecule has 70 valence electrons. The second-order valence-electron chi connectivity index (χ2n) is 4.03. The van der Waals surface area contributed by atoms with E-state index < -0.39 is 0 Å². The molecular formula is C9H18N2O. The molecule has 0 aliphatic heterocycles. The number of nitrogens with one attached hydrogen (secondary N) is 2. The van der Waals surface area contributed by atoms with Crippen LogP contribution in [0.3, 0.4) is 0 Å². The molecule has 3 nitrogen and oxygen atoms in total. The van der Waals surface area contributed by atoms with E-state index in [9.17, 15) is 4.79 Å². The van der Waals surface area contributed by atoms with Gasteiger partial charge in [0.05, 0.1) is 6.04 Å². The SMILES string of the molecule is CNC(=O)C(C)NCC1(C)CC1. The van der Waals surface area contributed by atoms with Gasteiger partial charge in [0.15, 0.2) is 0 Å². The summed E-state index contributed by atoms with van der Waals surface area (Å²) < 4.78 is 0. The fraction of sp³-hybridized carbons (Fsp3) is 0.889. The molecule has 12 heavy (non-hydrogen) atoms. The molecule has 0 spiro atoms. The molecule has 2 N–H and O–H groups in total. The summed E-state index contributed by atoms with van der Waals surface area (Å²) in [5.41, 5.74) is 0.474. The van der Waals surface area contributed by atoms with Crippen LogP contribution in [0.15, 0.2) is 0 Å². The first kappa shape index (κ1) is 9.52. The van der Waals surface area contributed by atoms with Gasteiger partial charge in [-0.05, 0) is 25.2 Å². The van der Waals surface area contributed by atoms with Gasteiger partial charge in [0.1, 0.15) is 0 Å². The predicted molar refractivity (Wildman–Crippen MR) is 48.9 cm³/mol. The molecule has 3 heteroatoms. The number of hydrogen-bond acceptors (Lipinski definition) is 2. The van der Waals surface area contributed by atoms with Gasteiger partial charge in [0.25, 0.3) is 0 Å². The Balaban J connectivity index is 2.17. The van der Waals surface area contributed by atoms with Crippen LogP contribution in [0, 0.1) is 5.41 Å². The van der Waals surface area contributed by atoms with Crippen molar-refractivity contribution >= 4 is 5.91 Å². The van der Waals surface area contributed by atoms with Crippen molar-refractivity contribution in [3.63, 3.8) is 0 Å². The van der Waals surface area contributed by atoms with Crippen LogP contribution < -0.4 is 10.6 Å². The molecule has 1 unspecified atom stereocenters. The zero-order valence-electron chi connectivity index (χ0n) is 8.11. The Bertz CT molecular complexity index is 175. The van der Waals surface area contributed by atoms with Crippen LogP contribution >= 0.6 is 0 Å². The minimum Gasteiger partial charge on any atom is -0.358 e. The molecule has 1 fully saturated rings. The van der Waals surface area contributed by atoms with Crippen molar-refractivity contribution in [1.29, 1.82) is 0 Å².